The monoisotopic (exact) mass is 348 g/mol. The maximum absolute atomic E-state index is 12.0. The fourth-order valence-corrected chi connectivity index (χ4v) is 4.08. The summed E-state index contributed by atoms with van der Waals surface area (Å²) < 4.78 is 4.96. The first-order valence-corrected chi connectivity index (χ1v) is 9.40. The molecule has 3 rings (SSSR count). The van der Waals surface area contributed by atoms with Gasteiger partial charge in [0, 0.05) is 22.8 Å². The van der Waals surface area contributed by atoms with Crippen molar-refractivity contribution in [3.63, 3.8) is 0 Å². The van der Waals surface area contributed by atoms with Gasteiger partial charge in [0.15, 0.2) is 5.16 Å². The lowest BCUT2D eigenvalue weighted by Gasteiger charge is -2.05. The molecule has 0 saturated heterocycles. The van der Waals surface area contributed by atoms with Crippen molar-refractivity contribution in [2.75, 3.05) is 6.61 Å². The summed E-state index contributed by atoms with van der Waals surface area (Å²) in [6, 6.07) is 7.29. The first-order chi connectivity index (χ1) is 11.2. The predicted molar refractivity (Wildman–Crippen MR) is 91.8 cm³/mol. The second kappa shape index (κ2) is 7.23. The van der Waals surface area contributed by atoms with Gasteiger partial charge in [-0.05, 0) is 24.6 Å². The van der Waals surface area contributed by atoms with Crippen LogP contribution in [0.1, 0.15) is 34.1 Å². The zero-order chi connectivity index (χ0) is 16.2. The van der Waals surface area contributed by atoms with E-state index in [1.54, 1.807) is 30.8 Å². The van der Waals surface area contributed by atoms with E-state index in [0.29, 0.717) is 23.1 Å². The highest BCUT2D eigenvalue weighted by Gasteiger charge is 2.17. The van der Waals surface area contributed by atoms with Gasteiger partial charge in [0.25, 0.3) is 5.56 Å². The van der Waals surface area contributed by atoms with Crippen LogP contribution in [-0.2, 0) is 22.0 Å². The number of nitrogens with zero attached hydrogens (tertiary/aromatic N) is 1. The molecule has 0 bridgehead atoms. The van der Waals surface area contributed by atoms with Gasteiger partial charge in [0.05, 0.1) is 17.9 Å². The summed E-state index contributed by atoms with van der Waals surface area (Å²) in [6.45, 7) is 2.15. The van der Waals surface area contributed by atoms with Crippen molar-refractivity contribution in [1.82, 2.24) is 9.97 Å². The van der Waals surface area contributed by atoms with Crippen LogP contribution >= 0.6 is 23.5 Å². The maximum Gasteiger partial charge on any atom is 0.338 e. The van der Waals surface area contributed by atoms with Gasteiger partial charge in [-0.2, -0.15) is 11.8 Å². The van der Waals surface area contributed by atoms with E-state index < -0.39 is 0 Å². The van der Waals surface area contributed by atoms with E-state index in [2.05, 4.69) is 9.97 Å². The first-order valence-electron chi connectivity index (χ1n) is 7.26. The zero-order valence-corrected chi connectivity index (χ0v) is 14.3. The van der Waals surface area contributed by atoms with Crippen molar-refractivity contribution < 1.29 is 9.53 Å². The molecule has 1 aliphatic rings. The SMILES string of the molecule is CCOC(=O)c1ccc(CSc2nc3c(c(=O)[nH]2)CSC3)cc1. The summed E-state index contributed by atoms with van der Waals surface area (Å²) in [5.74, 6) is 1.92. The number of thioether (sulfide) groups is 2. The molecule has 0 aliphatic carbocycles. The van der Waals surface area contributed by atoms with E-state index in [0.717, 1.165) is 28.3 Å². The molecule has 1 aromatic carbocycles. The Hall–Kier alpha value is -1.73. The van der Waals surface area contributed by atoms with E-state index >= 15 is 0 Å². The van der Waals surface area contributed by atoms with Crippen LogP contribution in [-0.4, -0.2) is 22.5 Å². The number of fused-ring (bicyclic) bond motifs is 1. The molecule has 23 heavy (non-hydrogen) atoms. The molecular formula is C16H16N2O3S2. The number of benzene rings is 1. The van der Waals surface area contributed by atoms with Crippen molar-refractivity contribution >= 4 is 29.5 Å². The third-order valence-electron chi connectivity index (χ3n) is 3.41. The standard InChI is InChI=1S/C16H16N2O3S2/c1-2-21-15(20)11-5-3-10(4-6-11)7-23-16-17-13-9-22-8-12(13)14(19)18-16/h3-6H,2,7-9H2,1H3,(H,17,18,19). The highest BCUT2D eigenvalue weighted by Crippen LogP contribution is 2.27. The van der Waals surface area contributed by atoms with Gasteiger partial charge in [-0.3, -0.25) is 4.79 Å². The number of carbonyl (C=O) groups excluding carboxylic acids is 1. The van der Waals surface area contributed by atoms with Gasteiger partial charge in [-0.1, -0.05) is 23.9 Å². The molecule has 0 saturated carbocycles. The number of rotatable bonds is 5. The van der Waals surface area contributed by atoms with Gasteiger partial charge < -0.3 is 9.72 Å². The molecule has 1 aromatic heterocycles. The lowest BCUT2D eigenvalue weighted by Crippen LogP contribution is -2.14. The van der Waals surface area contributed by atoms with Gasteiger partial charge in [0.2, 0.25) is 0 Å². The van der Waals surface area contributed by atoms with Crippen LogP contribution in [0.25, 0.3) is 0 Å². The highest BCUT2D eigenvalue weighted by atomic mass is 32.2. The van der Waals surface area contributed by atoms with Crippen LogP contribution in [0.2, 0.25) is 0 Å². The Balaban J connectivity index is 1.66. The molecule has 1 N–H and O–H groups in total. The molecule has 0 radical (unpaired) electrons. The Bertz CT molecular complexity index is 772. The van der Waals surface area contributed by atoms with Crippen LogP contribution < -0.4 is 5.56 Å². The summed E-state index contributed by atoms with van der Waals surface area (Å²) in [7, 11) is 0. The second-order valence-electron chi connectivity index (χ2n) is 5.00. The first kappa shape index (κ1) is 16.1. The van der Waals surface area contributed by atoms with Crippen molar-refractivity contribution in [3.8, 4) is 0 Å². The van der Waals surface area contributed by atoms with Gasteiger partial charge in [0.1, 0.15) is 0 Å². The van der Waals surface area contributed by atoms with Crippen LogP contribution in [0.3, 0.4) is 0 Å². The summed E-state index contributed by atoms with van der Waals surface area (Å²) in [5, 5.41) is 0.644. The molecule has 5 nitrogen and oxygen atoms in total. The summed E-state index contributed by atoms with van der Waals surface area (Å²) in [4.78, 5) is 30.9. The number of hydrogen-bond donors (Lipinski definition) is 1. The average molecular weight is 348 g/mol. The normalized spacial score (nSPS) is 12.9. The third kappa shape index (κ3) is 3.79. The van der Waals surface area contributed by atoms with E-state index in [9.17, 15) is 9.59 Å². The molecular weight excluding hydrogens is 332 g/mol. The molecule has 7 heteroatoms. The number of esters is 1. The van der Waals surface area contributed by atoms with E-state index in [4.69, 9.17) is 4.74 Å². The fourth-order valence-electron chi connectivity index (χ4n) is 2.21. The van der Waals surface area contributed by atoms with Crippen LogP contribution in [0.5, 0.6) is 0 Å². The number of nitrogens with one attached hydrogen (secondary N) is 1. The number of carbonyl (C=O) groups is 1. The topological polar surface area (TPSA) is 72.0 Å². The van der Waals surface area contributed by atoms with Crippen molar-refractivity contribution in [1.29, 1.82) is 0 Å². The van der Waals surface area contributed by atoms with Gasteiger partial charge >= 0.3 is 5.97 Å². The molecule has 1 aliphatic heterocycles. The molecule has 120 valence electrons. The lowest BCUT2D eigenvalue weighted by atomic mass is 10.1. The minimum absolute atomic E-state index is 0.0276. The highest BCUT2D eigenvalue weighted by molar-refractivity contribution is 7.98. The largest absolute Gasteiger partial charge is 0.462 e. The molecule has 0 atom stereocenters. The second-order valence-corrected chi connectivity index (χ2v) is 6.94. The van der Waals surface area contributed by atoms with Gasteiger partial charge in [-0.25, -0.2) is 9.78 Å². The van der Waals surface area contributed by atoms with E-state index in [1.807, 2.05) is 12.1 Å². The molecule has 0 spiro atoms. The van der Waals surface area contributed by atoms with Crippen molar-refractivity contribution in [3.05, 3.63) is 57.0 Å². The number of aromatic amines is 1. The van der Waals surface area contributed by atoms with Gasteiger partial charge in [-0.15, -0.1) is 0 Å². The van der Waals surface area contributed by atoms with Crippen molar-refractivity contribution in [2.24, 2.45) is 0 Å². The predicted octanol–water partition coefficient (Wildman–Crippen LogP) is 2.99. The minimum Gasteiger partial charge on any atom is -0.462 e. The molecule has 0 fully saturated rings. The third-order valence-corrected chi connectivity index (χ3v) is 5.32. The molecule has 2 aromatic rings. The Kier molecular flexibility index (Phi) is 5.07. The Morgan fingerprint density at radius 2 is 2.13 bits per heavy atom. The molecule has 2 heterocycles. The maximum atomic E-state index is 12.0. The quantitative estimate of drug-likeness (QED) is 0.509. The Morgan fingerprint density at radius 3 is 2.87 bits per heavy atom. The molecule has 0 amide bonds. The lowest BCUT2D eigenvalue weighted by molar-refractivity contribution is 0.0526. The minimum atomic E-state index is -0.311. The van der Waals surface area contributed by atoms with E-state index in [-0.39, 0.29) is 11.5 Å². The summed E-state index contributed by atoms with van der Waals surface area (Å²) in [6.07, 6.45) is 0. The average Bonchev–Trinajstić information content (AvgIpc) is 3.03. The summed E-state index contributed by atoms with van der Waals surface area (Å²) >= 11 is 3.20. The van der Waals surface area contributed by atoms with Crippen LogP contribution in [0.4, 0.5) is 0 Å². The molecule has 0 unspecified atom stereocenters. The van der Waals surface area contributed by atoms with Crippen LogP contribution in [0, 0.1) is 0 Å². The van der Waals surface area contributed by atoms with Crippen molar-refractivity contribution in [2.45, 2.75) is 29.3 Å². The number of H-pyrrole nitrogens is 1. The number of aromatic nitrogens is 2. The Labute approximate surface area is 142 Å². The number of ether oxygens (including phenoxy) is 1. The fraction of sp³-hybridized carbons (Fsp3) is 0.312. The van der Waals surface area contributed by atoms with E-state index in [1.165, 1.54) is 11.8 Å². The zero-order valence-electron chi connectivity index (χ0n) is 12.6. The van der Waals surface area contributed by atoms with Crippen LogP contribution in [0.15, 0.2) is 34.2 Å². The number of hydrogen-bond acceptors (Lipinski definition) is 6. The summed E-state index contributed by atoms with van der Waals surface area (Å²) in [5.41, 5.74) is 3.28. The Morgan fingerprint density at radius 1 is 1.35 bits per heavy atom. The smallest absolute Gasteiger partial charge is 0.338 e.